The van der Waals surface area contributed by atoms with Crippen molar-refractivity contribution in [3.63, 3.8) is 0 Å². The molecule has 4 heteroatoms. The van der Waals surface area contributed by atoms with Gasteiger partial charge in [-0.15, -0.1) is 0 Å². The number of aliphatic hydroxyl groups is 2. The summed E-state index contributed by atoms with van der Waals surface area (Å²) in [5.41, 5.74) is 0. The summed E-state index contributed by atoms with van der Waals surface area (Å²) in [4.78, 5) is 2.49. The lowest BCUT2D eigenvalue weighted by atomic mass is 9.91. The molecule has 102 valence electrons. The first-order valence-electron chi connectivity index (χ1n) is 6.83. The Morgan fingerprint density at radius 3 is 2.59 bits per heavy atom. The number of hydrogen-bond donors (Lipinski definition) is 3. The number of nitrogens with one attached hydrogen (secondary N) is 1. The van der Waals surface area contributed by atoms with Gasteiger partial charge in [-0.05, 0) is 24.7 Å². The molecule has 0 amide bonds. The molecule has 2 atom stereocenters. The maximum absolute atomic E-state index is 9.07. The summed E-state index contributed by atoms with van der Waals surface area (Å²) in [5, 5.41) is 21.3. The molecule has 1 aliphatic rings. The lowest BCUT2D eigenvalue weighted by Gasteiger charge is -2.39. The smallest absolute Gasteiger partial charge is 0.0556 e. The molecule has 0 aromatic carbocycles. The van der Waals surface area contributed by atoms with E-state index >= 15 is 0 Å². The van der Waals surface area contributed by atoms with Gasteiger partial charge in [0.15, 0.2) is 0 Å². The quantitative estimate of drug-likeness (QED) is 0.603. The standard InChI is InChI=1S/C13H28N2O2/c1-11(2)8-15-9-12(3-5-16)7-13(10-15)14-4-6-17/h11-14,16-17H,3-10H2,1-2H3. The number of hydrogen-bond acceptors (Lipinski definition) is 4. The molecule has 0 saturated carbocycles. The summed E-state index contributed by atoms with van der Waals surface area (Å²) < 4.78 is 0. The molecule has 0 aliphatic carbocycles. The van der Waals surface area contributed by atoms with Crippen LogP contribution in [0.15, 0.2) is 0 Å². The van der Waals surface area contributed by atoms with Crippen molar-refractivity contribution in [3.8, 4) is 0 Å². The Balaban J connectivity index is 2.43. The highest BCUT2D eigenvalue weighted by molar-refractivity contribution is 4.83. The Hall–Kier alpha value is -0.160. The maximum atomic E-state index is 9.07. The number of aliphatic hydroxyl groups excluding tert-OH is 2. The van der Waals surface area contributed by atoms with Crippen LogP contribution in [0.4, 0.5) is 0 Å². The van der Waals surface area contributed by atoms with E-state index in [1.165, 1.54) is 0 Å². The zero-order valence-corrected chi connectivity index (χ0v) is 11.2. The number of rotatable bonds is 7. The Bertz CT molecular complexity index is 200. The summed E-state index contributed by atoms with van der Waals surface area (Å²) in [7, 11) is 0. The molecule has 2 unspecified atom stereocenters. The molecule has 1 rings (SSSR count). The van der Waals surface area contributed by atoms with Crippen molar-refractivity contribution in [2.24, 2.45) is 11.8 Å². The van der Waals surface area contributed by atoms with Gasteiger partial charge in [0.25, 0.3) is 0 Å². The second kappa shape index (κ2) is 8.03. The Labute approximate surface area is 105 Å². The van der Waals surface area contributed by atoms with E-state index in [0.717, 1.165) is 32.5 Å². The molecule has 1 aliphatic heterocycles. The van der Waals surface area contributed by atoms with Crippen LogP contribution < -0.4 is 5.32 Å². The van der Waals surface area contributed by atoms with Crippen molar-refractivity contribution in [2.45, 2.75) is 32.7 Å². The highest BCUT2D eigenvalue weighted by Gasteiger charge is 2.26. The fraction of sp³-hybridized carbons (Fsp3) is 1.00. The maximum Gasteiger partial charge on any atom is 0.0556 e. The third-order valence-corrected chi connectivity index (χ3v) is 3.32. The number of likely N-dealkylation sites (tertiary alicyclic amines) is 1. The first kappa shape index (κ1) is 14.9. The van der Waals surface area contributed by atoms with Gasteiger partial charge in [0.1, 0.15) is 0 Å². The van der Waals surface area contributed by atoms with E-state index < -0.39 is 0 Å². The average Bonchev–Trinajstić information content (AvgIpc) is 2.25. The molecular weight excluding hydrogens is 216 g/mol. The fourth-order valence-electron chi connectivity index (χ4n) is 2.78. The minimum absolute atomic E-state index is 0.200. The van der Waals surface area contributed by atoms with Crippen LogP contribution in [-0.2, 0) is 0 Å². The molecule has 1 fully saturated rings. The Morgan fingerprint density at radius 1 is 1.24 bits per heavy atom. The van der Waals surface area contributed by atoms with Crippen LogP contribution in [0.25, 0.3) is 0 Å². The van der Waals surface area contributed by atoms with Gasteiger partial charge in [0, 0.05) is 38.8 Å². The van der Waals surface area contributed by atoms with Crippen LogP contribution in [0.2, 0.25) is 0 Å². The number of piperidine rings is 1. The van der Waals surface area contributed by atoms with Crippen LogP contribution >= 0.6 is 0 Å². The van der Waals surface area contributed by atoms with E-state index in [0.29, 0.717) is 24.4 Å². The molecule has 0 bridgehead atoms. The van der Waals surface area contributed by atoms with E-state index in [-0.39, 0.29) is 13.2 Å². The predicted molar refractivity (Wildman–Crippen MR) is 70.0 cm³/mol. The van der Waals surface area contributed by atoms with Gasteiger partial charge < -0.3 is 20.4 Å². The predicted octanol–water partition coefficient (Wildman–Crippen LogP) is 0.297. The van der Waals surface area contributed by atoms with Gasteiger partial charge in [0.2, 0.25) is 0 Å². The Morgan fingerprint density at radius 2 is 2.00 bits per heavy atom. The first-order chi connectivity index (χ1) is 8.15. The van der Waals surface area contributed by atoms with Crippen LogP contribution in [-0.4, -0.2) is 60.5 Å². The first-order valence-corrected chi connectivity index (χ1v) is 6.83. The third kappa shape index (κ3) is 5.82. The zero-order chi connectivity index (χ0) is 12.7. The topological polar surface area (TPSA) is 55.7 Å². The second-order valence-electron chi connectivity index (χ2n) is 5.60. The lowest BCUT2D eigenvalue weighted by Crippen LogP contribution is -2.50. The van der Waals surface area contributed by atoms with Gasteiger partial charge in [-0.2, -0.15) is 0 Å². The van der Waals surface area contributed by atoms with E-state index in [4.69, 9.17) is 10.2 Å². The summed E-state index contributed by atoms with van der Waals surface area (Å²) in [6.45, 7) is 8.94. The summed E-state index contributed by atoms with van der Waals surface area (Å²) in [6.07, 6.45) is 2.01. The van der Waals surface area contributed by atoms with Gasteiger partial charge in [-0.3, -0.25) is 0 Å². The molecule has 0 aromatic heterocycles. The van der Waals surface area contributed by atoms with Crippen molar-refractivity contribution in [2.75, 3.05) is 39.4 Å². The summed E-state index contributed by atoms with van der Waals surface area (Å²) in [5.74, 6) is 1.27. The van der Waals surface area contributed by atoms with Crippen LogP contribution in [0.3, 0.4) is 0 Å². The van der Waals surface area contributed by atoms with Crippen LogP contribution in [0.1, 0.15) is 26.7 Å². The summed E-state index contributed by atoms with van der Waals surface area (Å²) >= 11 is 0. The second-order valence-corrected chi connectivity index (χ2v) is 5.60. The highest BCUT2D eigenvalue weighted by atomic mass is 16.3. The van der Waals surface area contributed by atoms with Gasteiger partial charge in [0.05, 0.1) is 6.61 Å². The van der Waals surface area contributed by atoms with E-state index in [1.54, 1.807) is 0 Å². The van der Waals surface area contributed by atoms with Crippen molar-refractivity contribution in [3.05, 3.63) is 0 Å². The average molecular weight is 244 g/mol. The van der Waals surface area contributed by atoms with E-state index in [2.05, 4.69) is 24.1 Å². The Kier molecular flexibility index (Phi) is 7.04. The summed E-state index contributed by atoms with van der Waals surface area (Å²) in [6, 6.07) is 0.464. The molecule has 1 saturated heterocycles. The van der Waals surface area contributed by atoms with Crippen molar-refractivity contribution in [1.29, 1.82) is 0 Å². The number of nitrogens with zero attached hydrogens (tertiary/aromatic N) is 1. The molecule has 1 heterocycles. The molecule has 17 heavy (non-hydrogen) atoms. The third-order valence-electron chi connectivity index (χ3n) is 3.32. The largest absolute Gasteiger partial charge is 0.396 e. The normalized spacial score (nSPS) is 26.6. The lowest BCUT2D eigenvalue weighted by molar-refractivity contribution is 0.108. The van der Waals surface area contributed by atoms with Crippen molar-refractivity contribution in [1.82, 2.24) is 10.2 Å². The molecule has 3 N–H and O–H groups in total. The van der Waals surface area contributed by atoms with E-state index in [1.807, 2.05) is 0 Å². The van der Waals surface area contributed by atoms with Gasteiger partial charge in [-0.25, -0.2) is 0 Å². The minimum Gasteiger partial charge on any atom is -0.396 e. The molecular formula is C13H28N2O2. The van der Waals surface area contributed by atoms with Gasteiger partial charge >= 0.3 is 0 Å². The monoisotopic (exact) mass is 244 g/mol. The molecule has 4 nitrogen and oxygen atoms in total. The highest BCUT2D eigenvalue weighted by Crippen LogP contribution is 2.20. The minimum atomic E-state index is 0.200. The molecule has 0 spiro atoms. The zero-order valence-electron chi connectivity index (χ0n) is 11.2. The molecule has 0 aromatic rings. The van der Waals surface area contributed by atoms with Crippen LogP contribution in [0, 0.1) is 11.8 Å². The SMILES string of the molecule is CC(C)CN1CC(CCO)CC(NCCO)C1. The van der Waals surface area contributed by atoms with Crippen molar-refractivity contribution < 1.29 is 10.2 Å². The van der Waals surface area contributed by atoms with Gasteiger partial charge in [-0.1, -0.05) is 13.8 Å². The van der Waals surface area contributed by atoms with E-state index in [9.17, 15) is 0 Å². The van der Waals surface area contributed by atoms with Crippen LogP contribution in [0.5, 0.6) is 0 Å². The molecule has 0 radical (unpaired) electrons. The fourth-order valence-corrected chi connectivity index (χ4v) is 2.78. The van der Waals surface area contributed by atoms with Crippen molar-refractivity contribution >= 4 is 0 Å².